The highest BCUT2D eigenvalue weighted by molar-refractivity contribution is 9.10. The van der Waals surface area contributed by atoms with Gasteiger partial charge in [0.1, 0.15) is 0 Å². The number of aryl methyl sites for hydroxylation is 3. The molecule has 0 radical (unpaired) electrons. The van der Waals surface area contributed by atoms with E-state index in [2.05, 4.69) is 57.0 Å². The first-order valence-corrected chi connectivity index (χ1v) is 11.0. The first kappa shape index (κ1) is 21.6. The monoisotopic (exact) mass is 455 g/mol. The van der Waals surface area contributed by atoms with Crippen LogP contribution in [0.5, 0.6) is 0 Å². The Morgan fingerprint density at radius 2 is 1.66 bits per heavy atom. The lowest BCUT2D eigenvalue weighted by molar-refractivity contribution is 0.0787. The molecule has 0 aliphatic carbocycles. The van der Waals surface area contributed by atoms with Gasteiger partial charge in [0.05, 0.1) is 5.56 Å². The van der Waals surface area contributed by atoms with E-state index in [0.29, 0.717) is 6.54 Å². The van der Waals surface area contributed by atoms with Crippen LogP contribution in [0.2, 0.25) is 0 Å². The minimum atomic E-state index is 0.0803. The van der Waals surface area contributed by atoms with E-state index >= 15 is 0 Å². The number of aromatic amines is 1. The zero-order valence-electron chi connectivity index (χ0n) is 17.8. The molecule has 0 saturated heterocycles. The van der Waals surface area contributed by atoms with Crippen molar-refractivity contribution in [1.82, 2.24) is 14.8 Å². The van der Waals surface area contributed by atoms with Crippen molar-refractivity contribution >= 4 is 32.7 Å². The lowest BCUT2D eigenvalue weighted by Gasteiger charge is -2.20. The molecule has 2 aromatic carbocycles. The van der Waals surface area contributed by atoms with Crippen LogP contribution in [-0.4, -0.2) is 54.9 Å². The number of likely N-dealkylation sites (N-methyl/N-ethyl adjacent to an activating group) is 2. The van der Waals surface area contributed by atoms with Crippen molar-refractivity contribution in [2.24, 2.45) is 0 Å². The fraction of sp³-hybridized carbons (Fsp3) is 0.375. The molecule has 0 spiro atoms. The molecule has 0 bridgehead atoms. The van der Waals surface area contributed by atoms with Crippen molar-refractivity contribution < 1.29 is 4.79 Å². The van der Waals surface area contributed by atoms with Crippen LogP contribution < -0.4 is 0 Å². The van der Waals surface area contributed by atoms with Crippen LogP contribution in [0, 0.1) is 0 Å². The van der Waals surface area contributed by atoms with Crippen LogP contribution in [0.15, 0.2) is 46.9 Å². The quantitative estimate of drug-likeness (QED) is 0.523. The van der Waals surface area contributed by atoms with Gasteiger partial charge in [0.2, 0.25) is 0 Å². The number of fused-ring (bicyclic) bond motifs is 1. The molecule has 0 atom stereocenters. The minimum Gasteiger partial charge on any atom is -0.358 e. The number of rotatable bonds is 8. The molecule has 1 amide bonds. The third-order valence-electron chi connectivity index (χ3n) is 5.38. The average molecular weight is 456 g/mol. The SMILES string of the molecule is CCc1ccc(CCc2[nH]c3cc(Br)ccc3c2C(=O)N(C)CCN(C)C)cc1. The van der Waals surface area contributed by atoms with Crippen LogP contribution >= 0.6 is 15.9 Å². The number of hydrogen-bond acceptors (Lipinski definition) is 2. The minimum absolute atomic E-state index is 0.0803. The van der Waals surface area contributed by atoms with E-state index < -0.39 is 0 Å². The second-order valence-electron chi connectivity index (χ2n) is 7.87. The predicted octanol–water partition coefficient (Wildman–Crippen LogP) is 4.91. The van der Waals surface area contributed by atoms with Gasteiger partial charge in [-0.1, -0.05) is 53.2 Å². The number of carbonyl (C=O) groups is 1. The number of aromatic nitrogens is 1. The maximum atomic E-state index is 13.3. The smallest absolute Gasteiger partial charge is 0.256 e. The summed E-state index contributed by atoms with van der Waals surface area (Å²) < 4.78 is 1.01. The summed E-state index contributed by atoms with van der Waals surface area (Å²) in [6.45, 7) is 3.71. The number of H-pyrrole nitrogens is 1. The summed E-state index contributed by atoms with van der Waals surface area (Å²) >= 11 is 3.54. The van der Waals surface area contributed by atoms with Crippen molar-refractivity contribution in [3.05, 3.63) is 69.3 Å². The molecule has 29 heavy (non-hydrogen) atoms. The van der Waals surface area contributed by atoms with Crippen molar-refractivity contribution in [3.63, 3.8) is 0 Å². The van der Waals surface area contributed by atoms with E-state index in [1.54, 1.807) is 0 Å². The number of nitrogens with zero attached hydrogens (tertiary/aromatic N) is 2. The third-order valence-corrected chi connectivity index (χ3v) is 5.87. The molecule has 3 aromatic rings. The predicted molar refractivity (Wildman–Crippen MR) is 125 cm³/mol. The molecular weight excluding hydrogens is 426 g/mol. The summed E-state index contributed by atoms with van der Waals surface area (Å²) in [5.41, 5.74) is 5.46. The Kier molecular flexibility index (Phi) is 7.14. The van der Waals surface area contributed by atoms with Crippen molar-refractivity contribution in [2.75, 3.05) is 34.2 Å². The van der Waals surface area contributed by atoms with Gasteiger partial charge >= 0.3 is 0 Å². The van der Waals surface area contributed by atoms with Crippen molar-refractivity contribution in [3.8, 4) is 0 Å². The fourth-order valence-corrected chi connectivity index (χ4v) is 3.87. The normalized spacial score (nSPS) is 11.4. The molecule has 3 rings (SSSR count). The molecule has 1 N–H and O–H groups in total. The molecule has 0 aliphatic rings. The van der Waals surface area contributed by atoms with E-state index in [0.717, 1.165) is 52.4 Å². The molecule has 154 valence electrons. The summed E-state index contributed by atoms with van der Waals surface area (Å²) in [4.78, 5) is 20.7. The molecular formula is C24H30BrN3O. The Balaban J connectivity index is 1.88. The van der Waals surface area contributed by atoms with Gasteiger partial charge in [0, 0.05) is 41.2 Å². The maximum absolute atomic E-state index is 13.3. The third kappa shape index (κ3) is 5.28. The molecule has 1 heterocycles. The molecule has 5 heteroatoms. The fourth-order valence-electron chi connectivity index (χ4n) is 3.51. The lowest BCUT2D eigenvalue weighted by Crippen LogP contribution is -2.33. The zero-order valence-corrected chi connectivity index (χ0v) is 19.3. The van der Waals surface area contributed by atoms with Crippen LogP contribution in [0.25, 0.3) is 10.9 Å². The second kappa shape index (κ2) is 9.59. The van der Waals surface area contributed by atoms with E-state index in [1.165, 1.54) is 11.1 Å². The van der Waals surface area contributed by atoms with Gasteiger partial charge in [-0.2, -0.15) is 0 Å². The van der Waals surface area contributed by atoms with E-state index in [-0.39, 0.29) is 5.91 Å². The summed E-state index contributed by atoms with van der Waals surface area (Å²) in [5, 5.41) is 0.992. The number of carbonyl (C=O) groups excluding carboxylic acids is 1. The zero-order chi connectivity index (χ0) is 21.0. The average Bonchev–Trinajstić information content (AvgIpc) is 3.07. The Labute approximate surface area is 182 Å². The maximum Gasteiger partial charge on any atom is 0.256 e. The highest BCUT2D eigenvalue weighted by Gasteiger charge is 2.21. The van der Waals surface area contributed by atoms with Crippen molar-refractivity contribution in [2.45, 2.75) is 26.2 Å². The van der Waals surface area contributed by atoms with Crippen LogP contribution in [0.4, 0.5) is 0 Å². The highest BCUT2D eigenvalue weighted by atomic mass is 79.9. The van der Waals surface area contributed by atoms with Gasteiger partial charge < -0.3 is 14.8 Å². The van der Waals surface area contributed by atoms with Gasteiger partial charge in [-0.05, 0) is 56.6 Å². The summed E-state index contributed by atoms with van der Waals surface area (Å²) in [6.07, 6.45) is 2.76. The standard InChI is InChI=1S/C24H30BrN3O/c1-5-17-6-8-18(9-7-17)10-13-21-23(24(29)28(4)15-14-27(2)3)20-12-11-19(25)16-22(20)26-21/h6-9,11-12,16,26H,5,10,13-15H2,1-4H3. The Morgan fingerprint density at radius 1 is 0.966 bits per heavy atom. The van der Waals surface area contributed by atoms with Gasteiger partial charge in [0.25, 0.3) is 5.91 Å². The number of nitrogens with one attached hydrogen (secondary N) is 1. The molecule has 1 aromatic heterocycles. The van der Waals surface area contributed by atoms with Gasteiger partial charge in [-0.25, -0.2) is 0 Å². The Bertz CT molecular complexity index is 976. The van der Waals surface area contributed by atoms with Gasteiger partial charge in [-0.3, -0.25) is 4.79 Å². The molecule has 4 nitrogen and oxygen atoms in total. The summed E-state index contributed by atoms with van der Waals surface area (Å²) in [5.74, 6) is 0.0803. The first-order valence-electron chi connectivity index (χ1n) is 10.2. The van der Waals surface area contributed by atoms with Crippen LogP contribution in [0.3, 0.4) is 0 Å². The number of halogens is 1. The number of amides is 1. The molecule has 0 fully saturated rings. The largest absolute Gasteiger partial charge is 0.358 e. The lowest BCUT2D eigenvalue weighted by atomic mass is 10.0. The first-order chi connectivity index (χ1) is 13.9. The van der Waals surface area contributed by atoms with E-state index in [4.69, 9.17) is 0 Å². The topological polar surface area (TPSA) is 39.3 Å². The van der Waals surface area contributed by atoms with Crippen molar-refractivity contribution in [1.29, 1.82) is 0 Å². The van der Waals surface area contributed by atoms with E-state index in [9.17, 15) is 4.79 Å². The summed E-state index contributed by atoms with van der Waals surface area (Å²) in [6, 6.07) is 14.9. The van der Waals surface area contributed by atoms with Gasteiger partial charge in [-0.15, -0.1) is 0 Å². The molecule has 0 aliphatic heterocycles. The highest BCUT2D eigenvalue weighted by Crippen LogP contribution is 2.27. The molecule has 0 unspecified atom stereocenters. The van der Waals surface area contributed by atoms with E-state index in [1.807, 2.05) is 44.2 Å². The summed E-state index contributed by atoms with van der Waals surface area (Å²) in [7, 11) is 5.93. The Hall–Kier alpha value is -2.11. The van der Waals surface area contributed by atoms with Crippen LogP contribution in [-0.2, 0) is 19.3 Å². The number of benzene rings is 2. The molecule has 0 saturated carbocycles. The van der Waals surface area contributed by atoms with Crippen LogP contribution in [0.1, 0.15) is 34.1 Å². The number of hydrogen-bond donors (Lipinski definition) is 1. The second-order valence-corrected chi connectivity index (χ2v) is 8.78. The van der Waals surface area contributed by atoms with Gasteiger partial charge in [0.15, 0.2) is 0 Å². The Morgan fingerprint density at radius 3 is 2.31 bits per heavy atom.